The van der Waals surface area contributed by atoms with E-state index in [1.165, 1.54) is 50.6 Å². The number of hydrogen-bond acceptors (Lipinski definition) is 11. The van der Waals surface area contributed by atoms with Crippen LogP contribution in [0.3, 0.4) is 0 Å². The minimum absolute atomic E-state index is 0.114. The van der Waals surface area contributed by atoms with E-state index in [2.05, 4.69) is 15.0 Å². The first-order chi connectivity index (χ1) is 19.0. The maximum absolute atomic E-state index is 14.0. The maximum atomic E-state index is 14.0. The minimum atomic E-state index is -4.40. The van der Waals surface area contributed by atoms with E-state index < -0.39 is 44.1 Å². The van der Waals surface area contributed by atoms with Crippen molar-refractivity contribution in [1.82, 2.24) is 4.98 Å². The van der Waals surface area contributed by atoms with Crippen molar-refractivity contribution in [2.75, 3.05) is 30.9 Å². The van der Waals surface area contributed by atoms with Gasteiger partial charge in [0.2, 0.25) is 0 Å². The number of carbonyl (C=O) groups excluding carboxylic acids is 2. The summed E-state index contributed by atoms with van der Waals surface area (Å²) in [5, 5.41) is 13.5. The molecule has 0 aliphatic rings. The molecular weight excluding hydrogens is 571 g/mol. The lowest BCUT2D eigenvalue weighted by Crippen LogP contribution is -2.21. The molecule has 0 radical (unpaired) electrons. The standard InChI is InChI=1S/C24H19FN4O9S2/c1-36-19-11-14(40(34,35)28-17-6-4-3-5-16(17)25)10-15(22(19)37-2)23(31)38-12-21(30)27-24-26-18-8-7-13(29(32)33)9-20(18)39-24/h3-11,28H,12H2,1-2H3,(H,26,27,30). The average Bonchev–Trinajstić information content (AvgIpc) is 3.33. The van der Waals surface area contributed by atoms with Crippen LogP contribution in [0.15, 0.2) is 59.5 Å². The number of para-hydroxylation sites is 1. The van der Waals surface area contributed by atoms with E-state index in [9.17, 15) is 32.5 Å². The number of hydrogen-bond donors (Lipinski definition) is 2. The van der Waals surface area contributed by atoms with Gasteiger partial charge in [-0.3, -0.25) is 24.9 Å². The number of methoxy groups -OCH3 is 2. The van der Waals surface area contributed by atoms with Crippen molar-refractivity contribution >= 4 is 60.0 Å². The molecule has 1 aromatic heterocycles. The van der Waals surface area contributed by atoms with Gasteiger partial charge in [0.15, 0.2) is 23.2 Å². The number of fused-ring (bicyclic) bond motifs is 1. The Morgan fingerprint density at radius 1 is 1.10 bits per heavy atom. The maximum Gasteiger partial charge on any atom is 0.342 e. The molecule has 16 heteroatoms. The van der Waals surface area contributed by atoms with Gasteiger partial charge in [0, 0.05) is 18.2 Å². The molecule has 0 bridgehead atoms. The molecule has 13 nitrogen and oxygen atoms in total. The molecule has 2 N–H and O–H groups in total. The van der Waals surface area contributed by atoms with Gasteiger partial charge < -0.3 is 14.2 Å². The molecule has 208 valence electrons. The zero-order valence-electron chi connectivity index (χ0n) is 20.7. The lowest BCUT2D eigenvalue weighted by Gasteiger charge is -2.15. The number of sulfonamides is 1. The minimum Gasteiger partial charge on any atom is -0.493 e. The summed E-state index contributed by atoms with van der Waals surface area (Å²) in [5.41, 5.74) is -0.416. The van der Waals surface area contributed by atoms with Crippen LogP contribution in [-0.2, 0) is 19.6 Å². The number of nitrogens with zero attached hydrogens (tertiary/aromatic N) is 2. The fraction of sp³-hybridized carbons (Fsp3) is 0.125. The number of halogens is 1. The summed E-state index contributed by atoms with van der Waals surface area (Å²) in [6, 6.07) is 11.1. The second-order valence-electron chi connectivity index (χ2n) is 7.84. The van der Waals surface area contributed by atoms with Crippen LogP contribution in [0.1, 0.15) is 10.4 Å². The smallest absolute Gasteiger partial charge is 0.342 e. The highest BCUT2D eigenvalue weighted by atomic mass is 32.2. The Hall–Kier alpha value is -4.83. The van der Waals surface area contributed by atoms with Gasteiger partial charge in [0.1, 0.15) is 11.4 Å². The predicted octanol–water partition coefficient (Wildman–Crippen LogP) is 3.96. The van der Waals surface area contributed by atoms with Crippen LogP contribution < -0.4 is 19.5 Å². The van der Waals surface area contributed by atoms with E-state index in [0.717, 1.165) is 29.5 Å². The highest BCUT2D eigenvalue weighted by Gasteiger charge is 2.26. The van der Waals surface area contributed by atoms with Crippen LogP contribution in [0.4, 0.5) is 20.9 Å². The molecular formula is C24H19FN4O9S2. The van der Waals surface area contributed by atoms with Gasteiger partial charge >= 0.3 is 5.97 Å². The molecule has 0 aliphatic heterocycles. The number of aromatic nitrogens is 1. The first kappa shape index (κ1) is 28.2. The van der Waals surface area contributed by atoms with Crippen molar-refractivity contribution in [3.8, 4) is 11.5 Å². The number of thiazole rings is 1. The first-order valence-electron chi connectivity index (χ1n) is 11.1. The first-order valence-corrected chi connectivity index (χ1v) is 13.4. The second-order valence-corrected chi connectivity index (χ2v) is 10.6. The molecule has 0 aliphatic carbocycles. The van der Waals surface area contributed by atoms with Crippen LogP contribution in [0, 0.1) is 15.9 Å². The van der Waals surface area contributed by atoms with E-state index in [-0.39, 0.29) is 33.6 Å². The van der Waals surface area contributed by atoms with Gasteiger partial charge in [-0.2, -0.15) is 0 Å². The Morgan fingerprint density at radius 2 is 1.85 bits per heavy atom. The van der Waals surface area contributed by atoms with Crippen LogP contribution in [0.25, 0.3) is 10.2 Å². The zero-order chi connectivity index (χ0) is 29.0. The molecule has 1 amide bonds. The number of rotatable bonds is 10. The molecule has 4 aromatic rings. The number of non-ortho nitro benzene ring substituents is 1. The number of nitro benzene ring substituents is 1. The second kappa shape index (κ2) is 11.5. The number of benzene rings is 3. The summed E-state index contributed by atoms with van der Waals surface area (Å²) >= 11 is 0.980. The summed E-state index contributed by atoms with van der Waals surface area (Å²) in [5.74, 6) is -3.01. The Labute approximate surface area is 229 Å². The fourth-order valence-electron chi connectivity index (χ4n) is 3.44. The predicted molar refractivity (Wildman–Crippen MR) is 142 cm³/mol. The van der Waals surface area contributed by atoms with Gasteiger partial charge in [0.25, 0.3) is 21.6 Å². The van der Waals surface area contributed by atoms with Gasteiger partial charge in [-0.05, 0) is 24.3 Å². The zero-order valence-corrected chi connectivity index (χ0v) is 22.3. The number of nitro groups is 1. The topological polar surface area (TPSA) is 176 Å². The summed E-state index contributed by atoms with van der Waals surface area (Å²) in [6.07, 6.45) is 0. The van der Waals surface area contributed by atoms with E-state index in [1.54, 1.807) is 0 Å². The van der Waals surface area contributed by atoms with Crippen molar-refractivity contribution in [1.29, 1.82) is 0 Å². The number of anilines is 2. The molecule has 3 aromatic carbocycles. The fourth-order valence-corrected chi connectivity index (χ4v) is 5.46. The normalized spacial score (nSPS) is 11.1. The summed E-state index contributed by atoms with van der Waals surface area (Å²) in [4.78, 5) is 39.4. The van der Waals surface area contributed by atoms with Crippen molar-refractivity contribution < 1.29 is 41.5 Å². The lowest BCUT2D eigenvalue weighted by molar-refractivity contribution is -0.384. The number of nitrogens with one attached hydrogen (secondary N) is 2. The molecule has 0 atom stereocenters. The SMILES string of the molecule is COc1cc(S(=O)(=O)Nc2ccccc2F)cc(C(=O)OCC(=O)Nc2nc3ccc([N+](=O)[O-])cc3s2)c1OC. The number of ether oxygens (including phenoxy) is 3. The van der Waals surface area contributed by atoms with Crippen molar-refractivity contribution in [2.24, 2.45) is 0 Å². The third-order valence-corrected chi connectivity index (χ3v) is 7.54. The Morgan fingerprint density at radius 3 is 2.52 bits per heavy atom. The van der Waals surface area contributed by atoms with Crippen LogP contribution in [0.5, 0.6) is 11.5 Å². The van der Waals surface area contributed by atoms with Crippen molar-refractivity contribution in [3.05, 3.63) is 76.1 Å². The van der Waals surface area contributed by atoms with Gasteiger partial charge in [-0.15, -0.1) is 0 Å². The molecule has 4 rings (SSSR count). The highest BCUT2D eigenvalue weighted by molar-refractivity contribution is 7.92. The Balaban J connectivity index is 1.52. The Kier molecular flexibility index (Phi) is 8.11. The van der Waals surface area contributed by atoms with Crippen LogP contribution in [-0.4, -0.2) is 51.0 Å². The average molecular weight is 591 g/mol. The molecule has 0 spiro atoms. The van der Waals surface area contributed by atoms with Gasteiger partial charge in [-0.1, -0.05) is 23.5 Å². The Bertz CT molecular complexity index is 1740. The molecule has 0 saturated carbocycles. The third-order valence-electron chi connectivity index (χ3n) is 5.26. The van der Waals surface area contributed by atoms with Gasteiger partial charge in [0.05, 0.1) is 39.9 Å². The van der Waals surface area contributed by atoms with Gasteiger partial charge in [-0.25, -0.2) is 22.6 Å². The highest BCUT2D eigenvalue weighted by Crippen LogP contribution is 2.35. The quantitative estimate of drug-likeness (QED) is 0.156. The molecule has 0 unspecified atom stereocenters. The molecule has 0 fully saturated rings. The van der Waals surface area contributed by atoms with E-state index >= 15 is 0 Å². The van der Waals surface area contributed by atoms with E-state index in [0.29, 0.717) is 10.2 Å². The number of amides is 1. The van der Waals surface area contributed by atoms with E-state index in [1.807, 2.05) is 0 Å². The third kappa shape index (κ3) is 6.08. The monoisotopic (exact) mass is 590 g/mol. The van der Waals surface area contributed by atoms with E-state index in [4.69, 9.17) is 14.2 Å². The lowest BCUT2D eigenvalue weighted by atomic mass is 10.2. The van der Waals surface area contributed by atoms with Crippen molar-refractivity contribution in [3.63, 3.8) is 0 Å². The van der Waals surface area contributed by atoms with Crippen LogP contribution in [0.2, 0.25) is 0 Å². The number of carbonyl (C=O) groups is 2. The summed E-state index contributed by atoms with van der Waals surface area (Å²) < 4.78 is 57.9. The molecule has 1 heterocycles. The van der Waals surface area contributed by atoms with Crippen molar-refractivity contribution in [2.45, 2.75) is 4.90 Å². The number of esters is 1. The summed E-state index contributed by atoms with van der Waals surface area (Å²) in [7, 11) is -1.98. The van der Waals surface area contributed by atoms with Crippen LogP contribution >= 0.6 is 11.3 Å². The summed E-state index contributed by atoms with van der Waals surface area (Å²) in [6.45, 7) is -0.787. The molecule has 40 heavy (non-hydrogen) atoms. The molecule has 0 saturated heterocycles. The largest absolute Gasteiger partial charge is 0.493 e.